The van der Waals surface area contributed by atoms with E-state index in [2.05, 4.69) is 42.6 Å². The van der Waals surface area contributed by atoms with Crippen LogP contribution in [0.2, 0.25) is 0 Å². The topological polar surface area (TPSA) is 32.7 Å². The highest BCUT2D eigenvalue weighted by Crippen LogP contribution is 2.46. The van der Waals surface area contributed by atoms with Gasteiger partial charge in [-0.25, -0.2) is 0 Å². The van der Waals surface area contributed by atoms with Crippen molar-refractivity contribution in [1.29, 1.82) is 0 Å². The lowest BCUT2D eigenvalue weighted by molar-refractivity contribution is 0.00369. The molecular weight excluding hydrogens is 342 g/mol. The van der Waals surface area contributed by atoms with Crippen LogP contribution in [-0.4, -0.2) is 37.8 Å². The summed E-state index contributed by atoms with van der Waals surface area (Å²) in [6.07, 6.45) is 6.42. The van der Waals surface area contributed by atoms with Crippen molar-refractivity contribution in [2.24, 2.45) is 5.92 Å². The Morgan fingerprint density at radius 3 is 2.81 bits per heavy atom. The lowest BCUT2D eigenvalue weighted by Gasteiger charge is -2.38. The van der Waals surface area contributed by atoms with Crippen molar-refractivity contribution >= 4 is 17.4 Å². The first-order valence-electron chi connectivity index (χ1n) is 9.30. The van der Waals surface area contributed by atoms with Crippen LogP contribution in [0.15, 0.2) is 47.4 Å². The van der Waals surface area contributed by atoms with Gasteiger partial charge in [0.05, 0.1) is 7.11 Å². The van der Waals surface area contributed by atoms with Crippen LogP contribution in [0.1, 0.15) is 36.1 Å². The summed E-state index contributed by atoms with van der Waals surface area (Å²) in [5.41, 5.74) is 1.30. The van der Waals surface area contributed by atoms with Crippen molar-refractivity contribution in [1.82, 2.24) is 4.90 Å². The molecule has 2 unspecified atom stereocenters. The Labute approximate surface area is 160 Å². The minimum atomic E-state index is -0.905. The first kappa shape index (κ1) is 19.2. The summed E-state index contributed by atoms with van der Waals surface area (Å²) < 4.78 is 5.37. The Balaban J connectivity index is 2.08. The fraction of sp³-hybridized carbons (Fsp3) is 0.455. The summed E-state index contributed by atoms with van der Waals surface area (Å²) in [5, 5.41) is 14.1. The van der Waals surface area contributed by atoms with Gasteiger partial charge in [-0.1, -0.05) is 30.7 Å². The largest absolute Gasteiger partial charge is 0.497 e. The molecule has 1 aliphatic rings. The van der Waals surface area contributed by atoms with Gasteiger partial charge in [-0.3, -0.25) is 0 Å². The van der Waals surface area contributed by atoms with Crippen molar-refractivity contribution in [3.05, 3.63) is 57.8 Å². The Hall–Kier alpha value is -1.62. The molecule has 26 heavy (non-hydrogen) atoms. The molecule has 1 saturated carbocycles. The average Bonchev–Trinajstić information content (AvgIpc) is 3.13. The summed E-state index contributed by atoms with van der Waals surface area (Å²) in [7, 11) is 5.86. The van der Waals surface area contributed by atoms with Gasteiger partial charge in [-0.15, -0.1) is 11.3 Å². The predicted molar refractivity (Wildman–Crippen MR) is 110 cm³/mol. The minimum absolute atomic E-state index is 0.190. The molecule has 0 spiro atoms. The monoisotopic (exact) mass is 371 g/mol. The molecule has 3 nitrogen and oxygen atoms in total. The number of nitrogens with zero attached hydrogens (tertiary/aromatic N) is 1. The summed E-state index contributed by atoms with van der Waals surface area (Å²) in [6.45, 7) is 0.879. The fourth-order valence-electron chi connectivity index (χ4n) is 4.00. The molecular formula is C22H29NO2S. The number of rotatable bonds is 5. The van der Waals surface area contributed by atoms with Crippen molar-refractivity contribution in [2.45, 2.75) is 31.3 Å². The molecule has 1 N–H and O–H groups in total. The Morgan fingerprint density at radius 1 is 1.27 bits per heavy atom. The SMILES string of the molecule is COc1cccc(/C=C2\CCCCC(CN(C)C)C2(O)c2cccs2)c1. The van der Waals surface area contributed by atoms with Crippen LogP contribution in [0, 0.1) is 5.92 Å². The highest BCUT2D eigenvalue weighted by Gasteiger charge is 2.43. The van der Waals surface area contributed by atoms with E-state index in [9.17, 15) is 5.11 Å². The van der Waals surface area contributed by atoms with Crippen LogP contribution in [0.3, 0.4) is 0 Å². The number of thiophene rings is 1. The maximum absolute atomic E-state index is 12.1. The number of aliphatic hydroxyl groups is 1. The van der Waals surface area contributed by atoms with Gasteiger partial charge in [-0.2, -0.15) is 0 Å². The van der Waals surface area contributed by atoms with Crippen LogP contribution >= 0.6 is 11.3 Å². The zero-order chi connectivity index (χ0) is 18.6. The van der Waals surface area contributed by atoms with E-state index in [4.69, 9.17) is 4.74 Å². The molecule has 1 aliphatic carbocycles. The van der Waals surface area contributed by atoms with Gasteiger partial charge < -0.3 is 14.7 Å². The summed E-state index contributed by atoms with van der Waals surface area (Å²) in [6, 6.07) is 12.2. The quantitative estimate of drug-likeness (QED) is 0.768. The van der Waals surface area contributed by atoms with Gasteiger partial charge >= 0.3 is 0 Å². The molecule has 140 valence electrons. The number of hydrogen-bond donors (Lipinski definition) is 1. The van der Waals surface area contributed by atoms with Gasteiger partial charge in [0.15, 0.2) is 0 Å². The molecule has 1 fully saturated rings. The molecule has 2 atom stereocenters. The number of methoxy groups -OCH3 is 1. The summed E-state index contributed by atoms with van der Waals surface area (Å²) >= 11 is 1.66. The van der Waals surface area contributed by atoms with Crippen LogP contribution in [0.4, 0.5) is 0 Å². The minimum Gasteiger partial charge on any atom is -0.497 e. The molecule has 0 saturated heterocycles. The number of ether oxygens (including phenoxy) is 1. The van der Waals surface area contributed by atoms with Crippen LogP contribution in [0.5, 0.6) is 5.75 Å². The second-order valence-electron chi connectivity index (χ2n) is 7.39. The van der Waals surface area contributed by atoms with Gasteiger partial charge in [0.2, 0.25) is 0 Å². The number of hydrogen-bond acceptors (Lipinski definition) is 4. The first-order chi connectivity index (χ1) is 12.5. The normalized spacial score (nSPS) is 25.4. The maximum Gasteiger partial charge on any atom is 0.124 e. The summed E-state index contributed by atoms with van der Waals surface area (Å²) in [5.74, 6) is 1.04. The molecule has 4 heteroatoms. The third-order valence-electron chi connectivity index (χ3n) is 5.25. The Morgan fingerprint density at radius 2 is 2.12 bits per heavy atom. The first-order valence-corrected chi connectivity index (χ1v) is 10.2. The van der Waals surface area contributed by atoms with E-state index in [0.717, 1.165) is 54.0 Å². The van der Waals surface area contributed by atoms with Crippen LogP contribution < -0.4 is 4.74 Å². The predicted octanol–water partition coefficient (Wildman–Crippen LogP) is 4.78. The second kappa shape index (κ2) is 8.38. The molecule has 0 aliphatic heterocycles. The molecule has 1 heterocycles. The van der Waals surface area contributed by atoms with E-state index in [1.54, 1.807) is 18.4 Å². The van der Waals surface area contributed by atoms with Crippen molar-refractivity contribution in [3.8, 4) is 5.75 Å². The average molecular weight is 372 g/mol. The van der Waals surface area contributed by atoms with E-state index >= 15 is 0 Å². The number of benzene rings is 1. The van der Waals surface area contributed by atoms with E-state index in [0.29, 0.717) is 0 Å². The third-order valence-corrected chi connectivity index (χ3v) is 6.24. The van der Waals surface area contributed by atoms with E-state index < -0.39 is 5.60 Å². The second-order valence-corrected chi connectivity index (χ2v) is 8.34. The Kier molecular flexibility index (Phi) is 6.17. The van der Waals surface area contributed by atoms with E-state index in [1.807, 2.05) is 24.3 Å². The molecule has 1 aromatic carbocycles. The summed E-state index contributed by atoms with van der Waals surface area (Å²) in [4.78, 5) is 3.25. The lowest BCUT2D eigenvalue weighted by Crippen LogP contribution is -2.41. The zero-order valence-corrected chi connectivity index (χ0v) is 16.8. The standard InChI is InChI=1S/C22H29NO2S/c1-23(2)16-19-10-5-4-9-18(22(19,24)21-12-7-13-26-21)14-17-8-6-11-20(15-17)25-3/h6-8,11-15,19,24H,4-5,9-10,16H2,1-3H3/b18-14+. The fourth-order valence-corrected chi connectivity index (χ4v) is 4.94. The van der Waals surface area contributed by atoms with Crippen molar-refractivity contribution in [3.63, 3.8) is 0 Å². The molecule has 2 aromatic rings. The molecule has 0 bridgehead atoms. The van der Waals surface area contributed by atoms with Crippen molar-refractivity contribution < 1.29 is 9.84 Å². The smallest absolute Gasteiger partial charge is 0.124 e. The maximum atomic E-state index is 12.1. The Bertz CT molecular complexity index is 738. The highest BCUT2D eigenvalue weighted by atomic mass is 32.1. The lowest BCUT2D eigenvalue weighted by atomic mass is 9.77. The van der Waals surface area contributed by atoms with Gasteiger partial charge in [0, 0.05) is 17.3 Å². The molecule has 0 radical (unpaired) electrons. The van der Waals surface area contributed by atoms with Crippen LogP contribution in [0.25, 0.3) is 6.08 Å². The zero-order valence-electron chi connectivity index (χ0n) is 15.9. The van der Waals surface area contributed by atoms with E-state index in [1.165, 1.54) is 0 Å². The van der Waals surface area contributed by atoms with Gasteiger partial charge in [-0.05, 0) is 68.1 Å². The molecule has 0 amide bonds. The highest BCUT2D eigenvalue weighted by molar-refractivity contribution is 7.10. The van der Waals surface area contributed by atoms with Gasteiger partial charge in [0.25, 0.3) is 0 Å². The van der Waals surface area contributed by atoms with Crippen molar-refractivity contribution in [2.75, 3.05) is 27.7 Å². The van der Waals surface area contributed by atoms with Gasteiger partial charge in [0.1, 0.15) is 11.4 Å². The van der Waals surface area contributed by atoms with Crippen LogP contribution in [-0.2, 0) is 5.60 Å². The third kappa shape index (κ3) is 4.03. The van der Waals surface area contributed by atoms with E-state index in [-0.39, 0.29) is 5.92 Å². The molecule has 1 aromatic heterocycles. The molecule has 3 rings (SSSR count).